The fourth-order valence-electron chi connectivity index (χ4n) is 16.2. The van der Waals surface area contributed by atoms with Crippen LogP contribution in [0.25, 0.3) is 179 Å². The Hall–Kier alpha value is -13.7. The largest absolute Gasteiger partial charge is 0.256 e. The van der Waals surface area contributed by atoms with E-state index in [1.165, 1.54) is 22.3 Å². The van der Waals surface area contributed by atoms with Crippen LogP contribution in [0.15, 0.2) is 365 Å². The number of pyridine rings is 4. The molecule has 574 valence electrons. The average molecular weight is 1530 g/mol. The zero-order valence-corrected chi connectivity index (χ0v) is 69.3. The van der Waals surface area contributed by atoms with Crippen molar-refractivity contribution >= 4 is 0 Å². The van der Waals surface area contributed by atoms with Gasteiger partial charge < -0.3 is 0 Å². The Morgan fingerprint density at radius 3 is 0.602 bits per heavy atom. The fourth-order valence-corrected chi connectivity index (χ4v) is 16.2. The molecule has 0 N–H and O–H groups in total. The molecule has 118 heavy (non-hydrogen) atoms. The molecule has 0 saturated carbocycles. The van der Waals surface area contributed by atoms with Gasteiger partial charge in [-0.3, -0.25) is 19.9 Å². The SMILES string of the molecule is CC(C)(C)c1ccnc(-c2ccc(-c3ccccc3-c3cc(-c4ccccc4-c4ccc(-c5cc(C(C)(C)C)ccn5)cc4)cc(-c4cccc(-c5cc(-c6ccccc6-c6ccc(-c7cc(C(C)(C)C)ccn7)cc6)cc(-c6ccccc6-c6ccc(-c7cc(C(C)(C)C)ccn7)cc6)c5)c4-c4ccc(-c5ncccn5)cc4)c3)cc2)c1. The molecular weight excluding hydrogens is 1430 g/mol. The summed E-state index contributed by atoms with van der Waals surface area (Å²) in [6.45, 7) is 27.0. The summed E-state index contributed by atoms with van der Waals surface area (Å²) < 4.78 is 0. The Kier molecular flexibility index (Phi) is 20.8. The van der Waals surface area contributed by atoms with E-state index >= 15 is 0 Å². The van der Waals surface area contributed by atoms with Crippen LogP contribution in [0.3, 0.4) is 0 Å². The topological polar surface area (TPSA) is 77.3 Å². The van der Waals surface area contributed by atoms with Gasteiger partial charge in [0.15, 0.2) is 5.82 Å². The maximum absolute atomic E-state index is 4.89. The van der Waals surface area contributed by atoms with Crippen LogP contribution in [0, 0.1) is 0 Å². The van der Waals surface area contributed by atoms with Gasteiger partial charge in [0.2, 0.25) is 0 Å². The van der Waals surface area contributed by atoms with Crippen LogP contribution in [0.4, 0.5) is 0 Å². The third-order valence-corrected chi connectivity index (χ3v) is 23.0. The molecule has 0 aliphatic heterocycles. The molecule has 17 aromatic rings. The van der Waals surface area contributed by atoms with E-state index in [4.69, 9.17) is 29.9 Å². The van der Waals surface area contributed by atoms with Gasteiger partial charge in [-0.2, -0.15) is 0 Å². The van der Waals surface area contributed by atoms with Crippen LogP contribution in [0.1, 0.15) is 105 Å². The maximum Gasteiger partial charge on any atom is 0.159 e. The molecule has 6 nitrogen and oxygen atoms in total. The lowest BCUT2D eigenvalue weighted by molar-refractivity contribution is 0.589. The number of rotatable bonds is 16. The smallest absolute Gasteiger partial charge is 0.159 e. The number of benzene rings is 12. The summed E-state index contributed by atoms with van der Waals surface area (Å²) in [5.74, 6) is 0.663. The van der Waals surface area contributed by atoms with Gasteiger partial charge in [-0.25, -0.2) is 9.97 Å². The molecule has 6 heteroatoms. The molecule has 0 aliphatic carbocycles. The van der Waals surface area contributed by atoms with E-state index in [-0.39, 0.29) is 21.7 Å². The molecule has 0 spiro atoms. The molecule has 12 aromatic carbocycles. The first-order valence-corrected chi connectivity index (χ1v) is 41.0. The Labute approximate surface area is 696 Å². The van der Waals surface area contributed by atoms with E-state index in [1.54, 1.807) is 0 Å². The Balaban J connectivity index is 0.877. The minimum Gasteiger partial charge on any atom is -0.256 e. The molecule has 5 aromatic heterocycles. The van der Waals surface area contributed by atoms with Crippen LogP contribution in [-0.4, -0.2) is 29.9 Å². The van der Waals surface area contributed by atoms with E-state index in [0.717, 1.165) is 173 Å². The molecule has 0 unspecified atom stereocenters. The molecule has 17 rings (SSSR count). The Bertz CT molecular complexity index is 5850. The maximum atomic E-state index is 4.89. The molecule has 0 radical (unpaired) electrons. The van der Waals surface area contributed by atoms with Crippen molar-refractivity contribution in [2.24, 2.45) is 0 Å². The summed E-state index contributed by atoms with van der Waals surface area (Å²) >= 11 is 0. The lowest BCUT2D eigenvalue weighted by Crippen LogP contribution is -2.11. The van der Waals surface area contributed by atoms with Crippen LogP contribution in [-0.2, 0) is 21.7 Å². The van der Waals surface area contributed by atoms with Crippen molar-refractivity contribution in [1.82, 2.24) is 29.9 Å². The first-order chi connectivity index (χ1) is 57.0. The van der Waals surface area contributed by atoms with Crippen molar-refractivity contribution in [3.05, 3.63) is 387 Å². The second-order valence-corrected chi connectivity index (χ2v) is 35.2. The third kappa shape index (κ3) is 16.2. The first kappa shape index (κ1) is 76.9. The van der Waals surface area contributed by atoms with Gasteiger partial charge in [0.05, 0.1) is 22.8 Å². The molecule has 5 heterocycles. The predicted octanol–water partition coefficient (Wildman–Crippen LogP) is 29.9. The summed E-state index contributed by atoms with van der Waals surface area (Å²) in [5.41, 5.74) is 38.0. The zero-order valence-electron chi connectivity index (χ0n) is 69.3. The van der Waals surface area contributed by atoms with Crippen LogP contribution in [0.2, 0.25) is 0 Å². The van der Waals surface area contributed by atoms with Crippen molar-refractivity contribution in [2.45, 2.75) is 105 Å². The third-order valence-electron chi connectivity index (χ3n) is 23.0. The average Bonchev–Trinajstić information content (AvgIpc) is 0.751. The van der Waals surface area contributed by atoms with Gasteiger partial charge in [0, 0.05) is 65.0 Å². The fraction of sp³-hybridized carbons (Fsp3) is 0.143. The summed E-state index contributed by atoms with van der Waals surface area (Å²) in [7, 11) is 0. The van der Waals surface area contributed by atoms with E-state index in [2.05, 4.69) is 405 Å². The van der Waals surface area contributed by atoms with Gasteiger partial charge in [0.1, 0.15) is 0 Å². The standard InChI is InChI=1S/C112H96N6/c1-109(2,3)89-53-59-113-103(69-89)77-41-33-73(34-42-77)93-23-13-17-27-97(93)83-63-84(98-28-18-14-24-94(98)74-35-43-78(44-36-74)104-70-90(54-60-114-104)110(4,5)6)66-87(65-83)101-31-21-32-102(107(101)81-49-51-82(52-50-81)108-117-57-22-58-118-108)88-67-85(99-29-19-15-25-95(99)75-37-45-79(46-38-75)105-71-91(55-61-115-105)111(7,8)9)64-86(68-88)100-30-20-16-26-96(100)76-39-47-80(48-40-76)106-72-92(56-62-116-106)112(10,11)12/h13-72H,1-12H3. The predicted molar refractivity (Wildman–Crippen MR) is 495 cm³/mol. The van der Waals surface area contributed by atoms with Gasteiger partial charge >= 0.3 is 0 Å². The number of aromatic nitrogens is 6. The summed E-state index contributed by atoms with van der Waals surface area (Å²) in [4.78, 5) is 29.0. The lowest BCUT2D eigenvalue weighted by atomic mass is 9.82. The first-order valence-electron chi connectivity index (χ1n) is 41.0. The normalized spacial score (nSPS) is 11.9. The number of hydrogen-bond donors (Lipinski definition) is 0. The highest BCUT2D eigenvalue weighted by atomic mass is 14.8. The molecular formula is C112H96N6. The van der Waals surface area contributed by atoms with Crippen molar-refractivity contribution < 1.29 is 0 Å². The Morgan fingerprint density at radius 1 is 0.153 bits per heavy atom. The van der Waals surface area contributed by atoms with Gasteiger partial charge in [-0.15, -0.1) is 0 Å². The van der Waals surface area contributed by atoms with Crippen LogP contribution < -0.4 is 0 Å². The highest BCUT2D eigenvalue weighted by Crippen LogP contribution is 2.49. The molecule has 0 aliphatic rings. The van der Waals surface area contributed by atoms with Gasteiger partial charge in [-0.05, 0) is 257 Å². The second kappa shape index (κ2) is 31.8. The molecule has 0 bridgehead atoms. The molecule has 0 saturated heterocycles. The Morgan fingerprint density at radius 2 is 0.356 bits per heavy atom. The summed E-state index contributed by atoms with van der Waals surface area (Å²) in [6.07, 6.45) is 11.4. The van der Waals surface area contributed by atoms with Crippen LogP contribution in [0.5, 0.6) is 0 Å². The molecule has 0 fully saturated rings. The van der Waals surface area contributed by atoms with Gasteiger partial charge in [0.25, 0.3) is 0 Å². The number of hydrogen-bond acceptors (Lipinski definition) is 6. The van der Waals surface area contributed by atoms with Crippen molar-refractivity contribution in [3.8, 4) is 179 Å². The minimum absolute atomic E-state index is 0.0206. The molecule has 0 atom stereocenters. The highest BCUT2D eigenvalue weighted by molar-refractivity contribution is 6.01. The van der Waals surface area contributed by atoms with E-state index in [0.29, 0.717) is 5.82 Å². The highest BCUT2D eigenvalue weighted by Gasteiger charge is 2.25. The minimum atomic E-state index is -0.0206. The summed E-state index contributed by atoms with van der Waals surface area (Å²) in [5, 5.41) is 0. The molecule has 0 amide bonds. The second-order valence-electron chi connectivity index (χ2n) is 35.2. The van der Waals surface area contributed by atoms with E-state index in [1.807, 2.05) is 43.2 Å². The van der Waals surface area contributed by atoms with E-state index in [9.17, 15) is 0 Å². The van der Waals surface area contributed by atoms with Crippen molar-refractivity contribution in [3.63, 3.8) is 0 Å². The quantitative estimate of drug-likeness (QED) is 0.0959. The van der Waals surface area contributed by atoms with Crippen LogP contribution >= 0.6 is 0 Å². The lowest BCUT2D eigenvalue weighted by Gasteiger charge is -2.21. The summed E-state index contributed by atoms with van der Waals surface area (Å²) in [6, 6.07) is 121. The van der Waals surface area contributed by atoms with Crippen molar-refractivity contribution in [2.75, 3.05) is 0 Å². The van der Waals surface area contributed by atoms with Gasteiger partial charge in [-0.1, -0.05) is 320 Å². The van der Waals surface area contributed by atoms with E-state index < -0.39 is 0 Å². The van der Waals surface area contributed by atoms with Crippen molar-refractivity contribution in [1.29, 1.82) is 0 Å². The monoisotopic (exact) mass is 1520 g/mol. The number of nitrogens with zero attached hydrogens (tertiary/aromatic N) is 6. The zero-order chi connectivity index (χ0) is 81.5.